The van der Waals surface area contributed by atoms with E-state index in [4.69, 9.17) is 5.11 Å². The van der Waals surface area contributed by atoms with Gasteiger partial charge in [0.25, 0.3) is 0 Å². The lowest BCUT2D eigenvalue weighted by Gasteiger charge is -1.90. The lowest BCUT2D eigenvalue weighted by molar-refractivity contribution is -0.134. The minimum atomic E-state index is -1.18. The number of carbonyl (C=O) groups is 2. The molecular formula is C12H16O4. The summed E-state index contributed by atoms with van der Waals surface area (Å²) in [6.07, 6.45) is 11.4. The van der Waals surface area contributed by atoms with Crippen molar-refractivity contribution in [3.8, 4) is 0 Å². The molecule has 0 bridgehead atoms. The van der Waals surface area contributed by atoms with Crippen LogP contribution in [0.4, 0.5) is 0 Å². The molecule has 16 heavy (non-hydrogen) atoms. The van der Waals surface area contributed by atoms with Crippen LogP contribution in [0.15, 0.2) is 36.6 Å². The van der Waals surface area contributed by atoms with Gasteiger partial charge in [-0.15, -0.1) is 0 Å². The van der Waals surface area contributed by atoms with Crippen molar-refractivity contribution in [3.63, 3.8) is 0 Å². The van der Waals surface area contributed by atoms with E-state index in [1.54, 1.807) is 12.2 Å². The van der Waals surface area contributed by atoms with Crippen LogP contribution in [0, 0.1) is 0 Å². The zero-order chi connectivity index (χ0) is 12.2. The number of carbonyl (C=O) groups excluding carboxylic acids is 1. The number of aliphatic carboxylic acids is 1. The average Bonchev–Trinajstić information content (AvgIpc) is 2.25. The zero-order valence-electron chi connectivity index (χ0n) is 9.26. The molecule has 0 heterocycles. The quantitative estimate of drug-likeness (QED) is 0.237. The maximum atomic E-state index is 10.8. The summed E-state index contributed by atoms with van der Waals surface area (Å²) in [6.45, 7) is 2.11. The molecule has 0 aromatic rings. The predicted octanol–water partition coefficient (Wildman–Crippen LogP) is 2.43. The first kappa shape index (κ1) is 14.2. The Balaban J connectivity index is 3.71. The number of hydrogen-bond donors (Lipinski definition) is 1. The van der Waals surface area contributed by atoms with Gasteiger partial charge in [-0.2, -0.15) is 0 Å². The molecule has 0 spiro atoms. The molecule has 0 saturated carbocycles. The molecule has 0 radical (unpaired) electrons. The first-order chi connectivity index (χ1) is 7.66. The van der Waals surface area contributed by atoms with Gasteiger partial charge >= 0.3 is 11.9 Å². The SMILES string of the molecule is CCCCC=CC=COC(=O)C=CC(=O)O. The molecule has 0 aliphatic heterocycles. The first-order valence-electron chi connectivity index (χ1n) is 5.10. The Morgan fingerprint density at radius 3 is 2.62 bits per heavy atom. The van der Waals surface area contributed by atoms with Crippen molar-refractivity contribution in [2.24, 2.45) is 0 Å². The molecule has 0 aliphatic rings. The van der Waals surface area contributed by atoms with Gasteiger partial charge in [0.1, 0.15) is 0 Å². The molecule has 0 fully saturated rings. The lowest BCUT2D eigenvalue weighted by atomic mass is 10.2. The fourth-order valence-electron chi connectivity index (χ4n) is 0.827. The van der Waals surface area contributed by atoms with Crippen LogP contribution < -0.4 is 0 Å². The van der Waals surface area contributed by atoms with E-state index in [9.17, 15) is 9.59 Å². The van der Waals surface area contributed by atoms with Crippen LogP contribution in [0.2, 0.25) is 0 Å². The van der Waals surface area contributed by atoms with Crippen molar-refractivity contribution >= 4 is 11.9 Å². The van der Waals surface area contributed by atoms with Crippen LogP contribution >= 0.6 is 0 Å². The summed E-state index contributed by atoms with van der Waals surface area (Å²) in [4.78, 5) is 20.9. The van der Waals surface area contributed by atoms with E-state index in [1.165, 1.54) is 6.26 Å². The smallest absolute Gasteiger partial charge is 0.335 e. The molecular weight excluding hydrogens is 208 g/mol. The number of hydrogen-bond acceptors (Lipinski definition) is 3. The monoisotopic (exact) mass is 224 g/mol. The van der Waals surface area contributed by atoms with Crippen molar-refractivity contribution in [2.45, 2.75) is 26.2 Å². The van der Waals surface area contributed by atoms with Gasteiger partial charge in [-0.3, -0.25) is 0 Å². The van der Waals surface area contributed by atoms with E-state index in [0.29, 0.717) is 0 Å². The summed E-state index contributed by atoms with van der Waals surface area (Å²) < 4.78 is 4.58. The van der Waals surface area contributed by atoms with Gasteiger partial charge in [-0.05, 0) is 12.5 Å². The van der Waals surface area contributed by atoms with Crippen LogP contribution in [-0.2, 0) is 14.3 Å². The number of esters is 1. The second kappa shape index (κ2) is 9.71. The van der Waals surface area contributed by atoms with Crippen LogP contribution in [0.5, 0.6) is 0 Å². The van der Waals surface area contributed by atoms with Crippen molar-refractivity contribution < 1.29 is 19.4 Å². The van der Waals surface area contributed by atoms with E-state index < -0.39 is 11.9 Å². The summed E-state index contributed by atoms with van der Waals surface area (Å²) in [5.74, 6) is -1.89. The summed E-state index contributed by atoms with van der Waals surface area (Å²) in [5.41, 5.74) is 0. The van der Waals surface area contributed by atoms with Crippen molar-refractivity contribution in [1.82, 2.24) is 0 Å². The largest absolute Gasteiger partial charge is 0.478 e. The number of rotatable bonds is 7. The Hall–Kier alpha value is -1.84. The minimum Gasteiger partial charge on any atom is -0.478 e. The van der Waals surface area contributed by atoms with E-state index in [2.05, 4.69) is 11.7 Å². The van der Waals surface area contributed by atoms with E-state index in [1.807, 2.05) is 6.08 Å². The first-order valence-corrected chi connectivity index (χ1v) is 5.10. The third kappa shape index (κ3) is 10.2. The number of ether oxygens (including phenoxy) is 1. The zero-order valence-corrected chi connectivity index (χ0v) is 9.26. The molecule has 0 rings (SSSR count). The number of unbranched alkanes of at least 4 members (excludes halogenated alkanes) is 2. The second-order valence-electron chi connectivity index (χ2n) is 3.01. The Bertz CT molecular complexity index is 300. The molecule has 0 aromatic carbocycles. The summed E-state index contributed by atoms with van der Waals surface area (Å²) >= 11 is 0. The van der Waals surface area contributed by atoms with Crippen molar-refractivity contribution in [1.29, 1.82) is 0 Å². The fraction of sp³-hybridized carbons (Fsp3) is 0.333. The minimum absolute atomic E-state index is 0.708. The highest BCUT2D eigenvalue weighted by molar-refractivity contribution is 5.90. The van der Waals surface area contributed by atoms with Gasteiger partial charge in [0.2, 0.25) is 0 Å². The third-order valence-electron chi connectivity index (χ3n) is 1.60. The highest BCUT2D eigenvalue weighted by Crippen LogP contribution is 1.95. The summed E-state index contributed by atoms with van der Waals surface area (Å²) in [5, 5.41) is 8.23. The van der Waals surface area contributed by atoms with Gasteiger partial charge in [0.15, 0.2) is 0 Å². The predicted molar refractivity (Wildman–Crippen MR) is 60.7 cm³/mol. The van der Waals surface area contributed by atoms with Crippen LogP contribution in [0.1, 0.15) is 26.2 Å². The van der Waals surface area contributed by atoms with Gasteiger partial charge in [0, 0.05) is 12.2 Å². The van der Waals surface area contributed by atoms with Crippen molar-refractivity contribution in [3.05, 3.63) is 36.6 Å². The van der Waals surface area contributed by atoms with Gasteiger partial charge in [0.05, 0.1) is 6.26 Å². The molecule has 0 unspecified atom stereocenters. The highest BCUT2D eigenvalue weighted by atomic mass is 16.5. The number of carboxylic acid groups (broad SMARTS) is 1. The standard InChI is InChI=1S/C12H16O4/c1-2-3-4-5-6-7-10-16-12(15)9-8-11(13)14/h5-10H,2-4H2,1H3,(H,13,14). The maximum Gasteiger partial charge on any atom is 0.335 e. The Morgan fingerprint density at radius 2 is 2.00 bits per heavy atom. The van der Waals surface area contributed by atoms with Gasteiger partial charge in [-0.1, -0.05) is 31.9 Å². The molecule has 0 aliphatic carbocycles. The van der Waals surface area contributed by atoms with E-state index >= 15 is 0 Å². The third-order valence-corrected chi connectivity index (χ3v) is 1.60. The Kier molecular flexibility index (Phi) is 8.59. The summed E-state index contributed by atoms with van der Waals surface area (Å²) in [7, 11) is 0. The Labute approximate surface area is 94.9 Å². The topological polar surface area (TPSA) is 63.6 Å². The molecule has 4 heteroatoms. The Morgan fingerprint density at radius 1 is 1.25 bits per heavy atom. The number of allylic oxidation sites excluding steroid dienone is 3. The molecule has 0 saturated heterocycles. The normalized spacial score (nSPS) is 11.6. The lowest BCUT2D eigenvalue weighted by Crippen LogP contribution is -1.96. The van der Waals surface area contributed by atoms with Crippen LogP contribution in [0.25, 0.3) is 0 Å². The molecule has 88 valence electrons. The average molecular weight is 224 g/mol. The van der Waals surface area contributed by atoms with E-state index in [0.717, 1.165) is 31.4 Å². The second-order valence-corrected chi connectivity index (χ2v) is 3.01. The van der Waals surface area contributed by atoms with E-state index in [-0.39, 0.29) is 0 Å². The number of carboxylic acids is 1. The highest BCUT2D eigenvalue weighted by Gasteiger charge is 1.93. The fourth-order valence-corrected chi connectivity index (χ4v) is 0.827. The van der Waals surface area contributed by atoms with Crippen molar-refractivity contribution in [2.75, 3.05) is 0 Å². The van der Waals surface area contributed by atoms with Crippen LogP contribution in [0.3, 0.4) is 0 Å². The van der Waals surface area contributed by atoms with Crippen LogP contribution in [-0.4, -0.2) is 17.0 Å². The van der Waals surface area contributed by atoms with Gasteiger partial charge in [-0.25, -0.2) is 9.59 Å². The summed E-state index contributed by atoms with van der Waals surface area (Å²) in [6, 6.07) is 0. The molecule has 0 amide bonds. The van der Waals surface area contributed by atoms with Gasteiger partial charge < -0.3 is 9.84 Å². The molecule has 0 aromatic heterocycles. The molecule has 4 nitrogen and oxygen atoms in total. The molecule has 1 N–H and O–H groups in total. The molecule has 0 atom stereocenters. The maximum absolute atomic E-state index is 10.8.